The molecule has 2 rings (SSSR count). The van der Waals surface area contributed by atoms with E-state index in [1.54, 1.807) is 0 Å². The maximum absolute atomic E-state index is 5.93. The van der Waals surface area contributed by atoms with Gasteiger partial charge in [-0.15, -0.1) is 0 Å². The molecule has 0 aliphatic heterocycles. The molecular weight excluding hydrogens is 218 g/mol. The highest BCUT2D eigenvalue weighted by Gasteiger charge is 2.07. The summed E-state index contributed by atoms with van der Waals surface area (Å²) in [4.78, 5) is 8.68. The van der Waals surface area contributed by atoms with Crippen LogP contribution in [0.1, 0.15) is 5.69 Å². The number of rotatable bonds is 2. The second-order valence-corrected chi connectivity index (χ2v) is 4.22. The molecule has 0 bridgehead atoms. The standard InChI is InChI=1S/C12H13N3S/c1-8-10(7-14-12(15-8)16-2)9-5-3-4-6-11(9)13/h3-7H,13H2,1-2H3. The maximum Gasteiger partial charge on any atom is 0.187 e. The van der Waals surface area contributed by atoms with Crippen LogP contribution in [0.3, 0.4) is 0 Å². The lowest BCUT2D eigenvalue weighted by molar-refractivity contribution is 0.939. The molecule has 0 aliphatic carbocycles. The second kappa shape index (κ2) is 4.53. The molecule has 0 saturated heterocycles. The lowest BCUT2D eigenvalue weighted by Gasteiger charge is -2.08. The van der Waals surface area contributed by atoms with E-state index in [9.17, 15) is 0 Å². The fraction of sp³-hybridized carbons (Fsp3) is 0.167. The van der Waals surface area contributed by atoms with Gasteiger partial charge in [-0.2, -0.15) is 0 Å². The average molecular weight is 231 g/mol. The topological polar surface area (TPSA) is 51.8 Å². The van der Waals surface area contributed by atoms with Gasteiger partial charge in [0.05, 0.1) is 0 Å². The summed E-state index contributed by atoms with van der Waals surface area (Å²) in [7, 11) is 0. The molecule has 0 atom stereocenters. The molecule has 0 amide bonds. The minimum atomic E-state index is 0.756. The van der Waals surface area contributed by atoms with Crippen molar-refractivity contribution in [1.29, 1.82) is 0 Å². The second-order valence-electron chi connectivity index (χ2n) is 3.44. The Hall–Kier alpha value is -1.55. The number of hydrogen-bond donors (Lipinski definition) is 1. The lowest BCUT2D eigenvalue weighted by atomic mass is 10.0. The van der Waals surface area contributed by atoms with Gasteiger partial charge < -0.3 is 5.73 Å². The third-order valence-electron chi connectivity index (χ3n) is 2.39. The number of thioether (sulfide) groups is 1. The molecule has 1 aromatic heterocycles. The summed E-state index contributed by atoms with van der Waals surface area (Å²) < 4.78 is 0. The van der Waals surface area contributed by atoms with E-state index in [0.29, 0.717) is 0 Å². The van der Waals surface area contributed by atoms with E-state index in [1.807, 2.05) is 43.6 Å². The molecular formula is C12H13N3S. The van der Waals surface area contributed by atoms with Crippen LogP contribution in [0.5, 0.6) is 0 Å². The molecule has 0 spiro atoms. The van der Waals surface area contributed by atoms with Crippen LogP contribution in [0.15, 0.2) is 35.6 Å². The summed E-state index contributed by atoms with van der Waals surface area (Å²) in [5.41, 5.74) is 9.63. The first kappa shape index (κ1) is 11.0. The smallest absolute Gasteiger partial charge is 0.187 e. The van der Waals surface area contributed by atoms with Crippen LogP contribution in [0.4, 0.5) is 5.69 Å². The highest BCUT2D eigenvalue weighted by molar-refractivity contribution is 7.98. The number of nitrogens with two attached hydrogens (primary N) is 1. The van der Waals surface area contributed by atoms with E-state index in [-0.39, 0.29) is 0 Å². The Balaban J connectivity index is 2.53. The zero-order valence-corrected chi connectivity index (χ0v) is 10.1. The molecule has 2 aromatic rings. The van der Waals surface area contributed by atoms with Crippen LogP contribution < -0.4 is 5.73 Å². The fourth-order valence-corrected chi connectivity index (χ4v) is 1.94. The largest absolute Gasteiger partial charge is 0.398 e. The fourth-order valence-electron chi connectivity index (χ4n) is 1.55. The zero-order valence-electron chi connectivity index (χ0n) is 9.27. The normalized spacial score (nSPS) is 10.4. The summed E-state index contributed by atoms with van der Waals surface area (Å²) in [5.74, 6) is 0. The first-order chi connectivity index (χ1) is 7.72. The van der Waals surface area contributed by atoms with E-state index >= 15 is 0 Å². The van der Waals surface area contributed by atoms with Crippen LogP contribution in [-0.4, -0.2) is 16.2 Å². The van der Waals surface area contributed by atoms with Gasteiger partial charge in [0, 0.05) is 28.7 Å². The van der Waals surface area contributed by atoms with E-state index in [2.05, 4.69) is 9.97 Å². The average Bonchev–Trinajstić information content (AvgIpc) is 2.30. The molecule has 0 fully saturated rings. The van der Waals surface area contributed by atoms with Gasteiger partial charge in [0.25, 0.3) is 0 Å². The van der Waals surface area contributed by atoms with Gasteiger partial charge in [-0.25, -0.2) is 9.97 Å². The number of aromatic nitrogens is 2. The van der Waals surface area contributed by atoms with Gasteiger partial charge >= 0.3 is 0 Å². The minimum absolute atomic E-state index is 0.756. The number of nitrogens with zero attached hydrogens (tertiary/aromatic N) is 2. The molecule has 16 heavy (non-hydrogen) atoms. The van der Waals surface area contributed by atoms with Crippen LogP contribution in [0, 0.1) is 6.92 Å². The molecule has 1 aromatic carbocycles. The number of benzene rings is 1. The minimum Gasteiger partial charge on any atom is -0.398 e. The predicted molar refractivity (Wildman–Crippen MR) is 68.4 cm³/mol. The Labute approximate surface area is 99.1 Å². The van der Waals surface area contributed by atoms with E-state index in [4.69, 9.17) is 5.73 Å². The molecule has 1 heterocycles. The van der Waals surface area contributed by atoms with E-state index in [1.165, 1.54) is 11.8 Å². The number of para-hydroxylation sites is 1. The Kier molecular flexibility index (Phi) is 3.10. The summed E-state index contributed by atoms with van der Waals surface area (Å²) in [6.45, 7) is 1.98. The Morgan fingerprint density at radius 1 is 1.19 bits per heavy atom. The molecule has 4 heteroatoms. The molecule has 0 saturated carbocycles. The lowest BCUT2D eigenvalue weighted by Crippen LogP contribution is -1.96. The Morgan fingerprint density at radius 2 is 1.94 bits per heavy atom. The van der Waals surface area contributed by atoms with Crippen LogP contribution in [0.2, 0.25) is 0 Å². The molecule has 3 nitrogen and oxygen atoms in total. The van der Waals surface area contributed by atoms with Crippen molar-refractivity contribution < 1.29 is 0 Å². The number of aryl methyl sites for hydroxylation is 1. The highest BCUT2D eigenvalue weighted by atomic mass is 32.2. The van der Waals surface area contributed by atoms with Crippen molar-refractivity contribution >= 4 is 17.4 Å². The Morgan fingerprint density at radius 3 is 2.56 bits per heavy atom. The molecule has 2 N–H and O–H groups in total. The van der Waals surface area contributed by atoms with Crippen molar-refractivity contribution in [3.05, 3.63) is 36.2 Å². The summed E-state index contributed by atoms with van der Waals surface area (Å²) in [6.07, 6.45) is 3.80. The maximum atomic E-state index is 5.93. The molecule has 82 valence electrons. The first-order valence-electron chi connectivity index (χ1n) is 4.95. The van der Waals surface area contributed by atoms with Crippen LogP contribution in [-0.2, 0) is 0 Å². The van der Waals surface area contributed by atoms with Crippen molar-refractivity contribution in [2.24, 2.45) is 0 Å². The van der Waals surface area contributed by atoms with Crippen molar-refractivity contribution in [3.8, 4) is 11.1 Å². The van der Waals surface area contributed by atoms with Gasteiger partial charge in [-0.3, -0.25) is 0 Å². The van der Waals surface area contributed by atoms with Crippen molar-refractivity contribution in [1.82, 2.24) is 9.97 Å². The third kappa shape index (κ3) is 2.02. The van der Waals surface area contributed by atoms with Crippen molar-refractivity contribution in [2.45, 2.75) is 12.1 Å². The van der Waals surface area contributed by atoms with Gasteiger partial charge in [-0.1, -0.05) is 30.0 Å². The zero-order chi connectivity index (χ0) is 11.5. The van der Waals surface area contributed by atoms with Crippen molar-refractivity contribution in [2.75, 3.05) is 12.0 Å². The summed E-state index contributed by atoms with van der Waals surface area (Å²) in [6, 6.07) is 7.76. The first-order valence-corrected chi connectivity index (χ1v) is 6.17. The number of hydrogen-bond acceptors (Lipinski definition) is 4. The van der Waals surface area contributed by atoms with E-state index in [0.717, 1.165) is 27.7 Å². The third-order valence-corrected chi connectivity index (χ3v) is 2.95. The van der Waals surface area contributed by atoms with Crippen molar-refractivity contribution in [3.63, 3.8) is 0 Å². The molecule has 0 radical (unpaired) electrons. The van der Waals surface area contributed by atoms with Crippen LogP contribution in [0.25, 0.3) is 11.1 Å². The van der Waals surface area contributed by atoms with E-state index < -0.39 is 0 Å². The quantitative estimate of drug-likeness (QED) is 0.490. The summed E-state index contributed by atoms with van der Waals surface area (Å²) in [5, 5.41) is 0.788. The predicted octanol–water partition coefficient (Wildman–Crippen LogP) is 2.76. The number of anilines is 1. The Bertz CT molecular complexity index is 511. The monoisotopic (exact) mass is 231 g/mol. The summed E-state index contributed by atoms with van der Waals surface area (Å²) >= 11 is 1.54. The van der Waals surface area contributed by atoms with Gasteiger partial charge in [0.2, 0.25) is 0 Å². The van der Waals surface area contributed by atoms with Gasteiger partial charge in [0.15, 0.2) is 5.16 Å². The SMILES string of the molecule is CSc1ncc(-c2ccccc2N)c(C)n1. The molecule has 0 unspecified atom stereocenters. The van der Waals surface area contributed by atoms with Crippen LogP contribution >= 0.6 is 11.8 Å². The highest BCUT2D eigenvalue weighted by Crippen LogP contribution is 2.27. The van der Waals surface area contributed by atoms with Gasteiger partial charge in [0.1, 0.15) is 0 Å². The molecule has 0 aliphatic rings. The number of nitrogen functional groups attached to an aromatic ring is 1. The van der Waals surface area contributed by atoms with Gasteiger partial charge in [-0.05, 0) is 19.2 Å².